The van der Waals surface area contributed by atoms with E-state index in [1.807, 2.05) is 12.1 Å². The first kappa shape index (κ1) is 19.6. The summed E-state index contributed by atoms with van der Waals surface area (Å²) in [6, 6.07) is 18.0. The summed E-state index contributed by atoms with van der Waals surface area (Å²) in [5, 5.41) is 2.91. The summed E-state index contributed by atoms with van der Waals surface area (Å²) >= 11 is 0. The van der Waals surface area contributed by atoms with E-state index in [0.29, 0.717) is 0 Å². The third-order valence-corrected chi connectivity index (χ3v) is 6.84. The maximum Gasteiger partial charge on any atom is 0.155 e. The normalized spacial score (nSPS) is 12.2. The predicted octanol–water partition coefficient (Wildman–Crippen LogP) is 1.81. The predicted molar refractivity (Wildman–Crippen MR) is 101 cm³/mol. The van der Waals surface area contributed by atoms with Crippen molar-refractivity contribution in [3.63, 3.8) is 0 Å². The van der Waals surface area contributed by atoms with E-state index >= 15 is 0 Å². The van der Waals surface area contributed by atoms with Crippen LogP contribution in [0.25, 0.3) is 0 Å². The Labute approximate surface area is 149 Å². The highest BCUT2D eigenvalue weighted by atomic mass is 32.2. The molecule has 0 aliphatic rings. The van der Waals surface area contributed by atoms with Gasteiger partial charge in [-0.15, -0.1) is 0 Å². The zero-order valence-corrected chi connectivity index (χ0v) is 15.6. The van der Waals surface area contributed by atoms with Crippen LogP contribution in [-0.2, 0) is 31.2 Å². The van der Waals surface area contributed by atoms with Crippen molar-refractivity contribution in [2.45, 2.75) is 11.5 Å². The Bertz CT molecular complexity index is 775. The molecule has 0 aliphatic heterocycles. The number of hydrogen-bond acceptors (Lipinski definition) is 5. The minimum Gasteiger partial charge on any atom is -0.315 e. The van der Waals surface area contributed by atoms with Crippen molar-refractivity contribution in [1.82, 2.24) is 5.32 Å². The van der Waals surface area contributed by atoms with E-state index in [1.165, 1.54) is 0 Å². The van der Waals surface area contributed by atoms with Crippen molar-refractivity contribution in [3.8, 4) is 0 Å². The Balaban J connectivity index is 1.70. The van der Waals surface area contributed by atoms with E-state index in [0.717, 1.165) is 11.1 Å². The van der Waals surface area contributed by atoms with Crippen LogP contribution in [0.15, 0.2) is 60.7 Å². The molecule has 0 aromatic heterocycles. The van der Waals surface area contributed by atoms with Gasteiger partial charge in [0.1, 0.15) is 0 Å². The zero-order chi connectivity index (χ0) is 18.2. The first-order valence-corrected chi connectivity index (χ1v) is 11.7. The Hall–Kier alpha value is -1.70. The fraction of sp³-hybridized carbons (Fsp3) is 0.333. The molecule has 2 rings (SSSR count). The molecular weight excluding hydrogens is 358 g/mol. The third kappa shape index (κ3) is 7.81. The number of nitrogens with one attached hydrogen (secondary N) is 1. The lowest BCUT2D eigenvalue weighted by Gasteiger charge is -2.08. The van der Waals surface area contributed by atoms with Gasteiger partial charge in [-0.1, -0.05) is 60.7 Å². The standard InChI is InChI=1S/C18H23NO4S2/c20-24(21,15-17-7-3-1-4-8-17)13-11-19-12-14-25(22,23)16-18-9-5-2-6-10-18/h1-10,19H,11-16H2. The van der Waals surface area contributed by atoms with Crippen LogP contribution >= 0.6 is 0 Å². The Morgan fingerprint density at radius 3 is 1.32 bits per heavy atom. The van der Waals surface area contributed by atoms with E-state index < -0.39 is 19.7 Å². The van der Waals surface area contributed by atoms with E-state index in [9.17, 15) is 16.8 Å². The molecule has 0 bridgehead atoms. The first-order valence-electron chi connectivity index (χ1n) is 8.06. The quantitative estimate of drug-likeness (QED) is 0.635. The second-order valence-electron chi connectivity index (χ2n) is 5.91. The largest absolute Gasteiger partial charge is 0.315 e. The fourth-order valence-electron chi connectivity index (χ4n) is 2.38. The smallest absolute Gasteiger partial charge is 0.155 e. The van der Waals surface area contributed by atoms with Gasteiger partial charge >= 0.3 is 0 Å². The van der Waals surface area contributed by atoms with Crippen molar-refractivity contribution < 1.29 is 16.8 Å². The molecule has 7 heteroatoms. The lowest BCUT2D eigenvalue weighted by atomic mass is 10.2. The molecule has 0 spiro atoms. The van der Waals surface area contributed by atoms with Crippen molar-refractivity contribution in [2.75, 3.05) is 24.6 Å². The zero-order valence-electron chi connectivity index (χ0n) is 14.0. The molecule has 2 aromatic rings. The summed E-state index contributed by atoms with van der Waals surface area (Å²) in [7, 11) is -6.42. The van der Waals surface area contributed by atoms with Gasteiger partial charge in [0.25, 0.3) is 0 Å². The maximum absolute atomic E-state index is 12.0. The molecule has 2 aromatic carbocycles. The van der Waals surface area contributed by atoms with Gasteiger partial charge in [-0.3, -0.25) is 0 Å². The lowest BCUT2D eigenvalue weighted by Crippen LogP contribution is -2.28. The molecule has 0 atom stereocenters. The third-order valence-electron chi connectivity index (χ3n) is 3.64. The highest BCUT2D eigenvalue weighted by Gasteiger charge is 2.13. The molecule has 0 radical (unpaired) electrons. The van der Waals surface area contributed by atoms with E-state index in [4.69, 9.17) is 0 Å². The van der Waals surface area contributed by atoms with Crippen LogP contribution in [0.4, 0.5) is 0 Å². The molecule has 0 aliphatic carbocycles. The summed E-state index contributed by atoms with van der Waals surface area (Å²) in [5.41, 5.74) is 1.51. The van der Waals surface area contributed by atoms with Crippen LogP contribution in [0.5, 0.6) is 0 Å². The maximum atomic E-state index is 12.0. The van der Waals surface area contributed by atoms with Crippen LogP contribution in [0.2, 0.25) is 0 Å². The first-order chi connectivity index (χ1) is 11.9. The summed E-state index contributed by atoms with van der Waals surface area (Å²) in [6.07, 6.45) is 0. The van der Waals surface area contributed by atoms with Crippen molar-refractivity contribution in [3.05, 3.63) is 71.8 Å². The number of sulfone groups is 2. The molecule has 0 saturated heterocycles. The molecule has 0 unspecified atom stereocenters. The van der Waals surface area contributed by atoms with Crippen LogP contribution in [-0.4, -0.2) is 41.4 Å². The minimum atomic E-state index is -3.21. The minimum absolute atomic E-state index is 0.00181. The van der Waals surface area contributed by atoms with E-state index in [-0.39, 0.29) is 36.1 Å². The SMILES string of the molecule is O=S(=O)(CCNCCS(=O)(=O)Cc1ccccc1)Cc1ccccc1. The van der Waals surface area contributed by atoms with Gasteiger partial charge in [0.15, 0.2) is 19.7 Å². The average Bonchev–Trinajstić information content (AvgIpc) is 2.55. The Kier molecular flexibility index (Phi) is 7.16. The second-order valence-corrected chi connectivity index (χ2v) is 10.3. The molecule has 0 amide bonds. The molecule has 25 heavy (non-hydrogen) atoms. The van der Waals surface area contributed by atoms with Gasteiger partial charge in [0, 0.05) is 13.1 Å². The second kappa shape index (κ2) is 9.12. The van der Waals surface area contributed by atoms with Gasteiger partial charge in [0.05, 0.1) is 23.0 Å². The van der Waals surface area contributed by atoms with Crippen LogP contribution in [0.1, 0.15) is 11.1 Å². The van der Waals surface area contributed by atoms with Gasteiger partial charge in [0.2, 0.25) is 0 Å². The summed E-state index contributed by atoms with van der Waals surface area (Å²) < 4.78 is 48.2. The summed E-state index contributed by atoms with van der Waals surface area (Å²) in [5.74, 6) is -0.0229. The van der Waals surface area contributed by atoms with Gasteiger partial charge in [-0.2, -0.15) is 0 Å². The summed E-state index contributed by atoms with van der Waals surface area (Å²) in [4.78, 5) is 0. The number of benzene rings is 2. The average molecular weight is 382 g/mol. The highest BCUT2D eigenvalue weighted by molar-refractivity contribution is 7.90. The van der Waals surface area contributed by atoms with Gasteiger partial charge < -0.3 is 5.32 Å². The van der Waals surface area contributed by atoms with Crippen molar-refractivity contribution in [1.29, 1.82) is 0 Å². The molecule has 5 nitrogen and oxygen atoms in total. The van der Waals surface area contributed by atoms with Crippen LogP contribution in [0.3, 0.4) is 0 Å². The Morgan fingerprint density at radius 1 is 0.600 bits per heavy atom. The van der Waals surface area contributed by atoms with Crippen molar-refractivity contribution >= 4 is 19.7 Å². The fourth-order valence-corrected chi connectivity index (χ4v) is 4.98. The van der Waals surface area contributed by atoms with Crippen LogP contribution < -0.4 is 5.32 Å². The van der Waals surface area contributed by atoms with E-state index in [1.54, 1.807) is 48.5 Å². The van der Waals surface area contributed by atoms with Crippen LogP contribution in [0, 0.1) is 0 Å². The van der Waals surface area contributed by atoms with E-state index in [2.05, 4.69) is 5.32 Å². The molecule has 1 N–H and O–H groups in total. The van der Waals surface area contributed by atoms with Gasteiger partial charge in [-0.05, 0) is 11.1 Å². The summed E-state index contributed by atoms with van der Waals surface area (Å²) in [6.45, 7) is 0.492. The highest BCUT2D eigenvalue weighted by Crippen LogP contribution is 2.07. The molecular formula is C18H23NO4S2. The van der Waals surface area contributed by atoms with Gasteiger partial charge in [-0.25, -0.2) is 16.8 Å². The Morgan fingerprint density at radius 2 is 0.960 bits per heavy atom. The molecule has 0 saturated carbocycles. The molecule has 136 valence electrons. The number of rotatable bonds is 10. The number of hydrogen-bond donors (Lipinski definition) is 1. The lowest BCUT2D eigenvalue weighted by molar-refractivity contribution is 0.587. The topological polar surface area (TPSA) is 80.3 Å². The van der Waals surface area contributed by atoms with Crippen molar-refractivity contribution in [2.24, 2.45) is 0 Å². The molecule has 0 heterocycles. The molecule has 0 fully saturated rings. The monoisotopic (exact) mass is 381 g/mol.